The van der Waals surface area contributed by atoms with Gasteiger partial charge in [-0.25, -0.2) is 4.79 Å². The average molecular weight is 174 g/mol. The highest BCUT2D eigenvalue weighted by molar-refractivity contribution is 5.87. The van der Waals surface area contributed by atoms with Gasteiger partial charge in [0.15, 0.2) is 0 Å². The minimum atomic E-state index is -1.45. The standard InChI is InChI=1S/C8H14O4/c1-4-5(2)7(10)12-8(11)6(3)9/h4,6,8-9,11H,1-3H3/b5-4+. The first kappa shape index (κ1) is 11.1. The molecule has 0 saturated carbocycles. The summed E-state index contributed by atoms with van der Waals surface area (Å²) >= 11 is 0. The molecule has 0 spiro atoms. The molecular weight excluding hydrogens is 160 g/mol. The molecule has 12 heavy (non-hydrogen) atoms. The maximum Gasteiger partial charge on any atom is 0.335 e. The predicted octanol–water partition coefficient (Wildman–Crippen LogP) is 0.195. The molecule has 2 N–H and O–H groups in total. The van der Waals surface area contributed by atoms with Crippen LogP contribution in [0.3, 0.4) is 0 Å². The zero-order valence-electron chi connectivity index (χ0n) is 7.44. The predicted molar refractivity (Wildman–Crippen MR) is 43.2 cm³/mol. The smallest absolute Gasteiger partial charge is 0.335 e. The van der Waals surface area contributed by atoms with Crippen LogP contribution in [-0.4, -0.2) is 28.6 Å². The van der Waals surface area contributed by atoms with Crippen LogP contribution < -0.4 is 0 Å². The highest BCUT2D eigenvalue weighted by atomic mass is 16.6. The fraction of sp³-hybridized carbons (Fsp3) is 0.625. The second-order valence-electron chi connectivity index (χ2n) is 2.51. The summed E-state index contributed by atoms with van der Waals surface area (Å²) < 4.78 is 4.46. The van der Waals surface area contributed by atoms with E-state index in [4.69, 9.17) is 10.2 Å². The van der Waals surface area contributed by atoms with E-state index in [9.17, 15) is 4.79 Å². The molecule has 0 aromatic heterocycles. The first-order valence-electron chi connectivity index (χ1n) is 3.69. The van der Waals surface area contributed by atoms with Gasteiger partial charge in [-0.1, -0.05) is 6.08 Å². The van der Waals surface area contributed by atoms with Crippen molar-refractivity contribution in [1.29, 1.82) is 0 Å². The molecular formula is C8H14O4. The van der Waals surface area contributed by atoms with Crippen LogP contribution in [0.2, 0.25) is 0 Å². The second-order valence-corrected chi connectivity index (χ2v) is 2.51. The van der Waals surface area contributed by atoms with Gasteiger partial charge in [-0.15, -0.1) is 0 Å². The summed E-state index contributed by atoms with van der Waals surface area (Å²) in [5.41, 5.74) is 0.398. The third-order valence-corrected chi connectivity index (χ3v) is 1.40. The quantitative estimate of drug-likeness (QED) is 0.364. The molecule has 0 heterocycles. The van der Waals surface area contributed by atoms with E-state index in [0.717, 1.165) is 0 Å². The molecule has 4 heteroatoms. The van der Waals surface area contributed by atoms with E-state index in [1.54, 1.807) is 19.9 Å². The van der Waals surface area contributed by atoms with Crippen molar-refractivity contribution in [2.45, 2.75) is 33.2 Å². The van der Waals surface area contributed by atoms with E-state index in [0.29, 0.717) is 5.57 Å². The molecule has 0 saturated heterocycles. The summed E-state index contributed by atoms with van der Waals surface area (Å²) in [5, 5.41) is 17.7. The molecule has 0 aromatic carbocycles. The number of hydrogen-bond acceptors (Lipinski definition) is 4. The maximum atomic E-state index is 10.9. The van der Waals surface area contributed by atoms with Crippen molar-refractivity contribution >= 4 is 5.97 Å². The van der Waals surface area contributed by atoms with Gasteiger partial charge < -0.3 is 14.9 Å². The molecule has 0 rings (SSSR count). The fourth-order valence-electron chi connectivity index (χ4n) is 0.419. The Morgan fingerprint density at radius 2 is 2.00 bits per heavy atom. The van der Waals surface area contributed by atoms with Crippen LogP contribution in [0, 0.1) is 0 Å². The maximum absolute atomic E-state index is 10.9. The monoisotopic (exact) mass is 174 g/mol. The van der Waals surface area contributed by atoms with Gasteiger partial charge in [-0.3, -0.25) is 0 Å². The topological polar surface area (TPSA) is 66.8 Å². The van der Waals surface area contributed by atoms with E-state index in [-0.39, 0.29) is 0 Å². The van der Waals surface area contributed by atoms with Crippen LogP contribution in [0.4, 0.5) is 0 Å². The summed E-state index contributed by atoms with van der Waals surface area (Å²) in [6.07, 6.45) is -0.956. The molecule has 2 unspecified atom stereocenters. The molecule has 0 radical (unpaired) electrons. The van der Waals surface area contributed by atoms with Crippen molar-refractivity contribution < 1.29 is 19.7 Å². The van der Waals surface area contributed by atoms with E-state index in [1.807, 2.05) is 0 Å². The third kappa shape index (κ3) is 3.50. The number of carbonyl (C=O) groups excluding carboxylic acids is 1. The number of carbonyl (C=O) groups is 1. The number of rotatable bonds is 3. The number of aliphatic hydroxyl groups is 2. The van der Waals surface area contributed by atoms with Gasteiger partial charge >= 0.3 is 5.97 Å². The Hall–Kier alpha value is -0.870. The molecule has 2 atom stereocenters. The summed E-state index contributed by atoms with van der Waals surface area (Å²) in [6.45, 7) is 4.59. The highest BCUT2D eigenvalue weighted by Gasteiger charge is 2.16. The number of ether oxygens (including phenoxy) is 1. The van der Waals surface area contributed by atoms with Crippen LogP contribution in [0.15, 0.2) is 11.6 Å². The summed E-state index contributed by atoms with van der Waals surface area (Å²) in [6, 6.07) is 0. The number of aliphatic hydroxyl groups excluding tert-OH is 2. The van der Waals surface area contributed by atoms with Crippen molar-refractivity contribution in [3.8, 4) is 0 Å². The lowest BCUT2D eigenvalue weighted by Crippen LogP contribution is -2.28. The molecule has 0 aliphatic rings. The van der Waals surface area contributed by atoms with Gasteiger partial charge in [-0.05, 0) is 20.8 Å². The molecule has 0 fully saturated rings. The van der Waals surface area contributed by atoms with Gasteiger partial charge in [0.2, 0.25) is 6.29 Å². The van der Waals surface area contributed by atoms with Gasteiger partial charge in [0.1, 0.15) is 6.10 Å². The molecule has 0 bridgehead atoms. The largest absolute Gasteiger partial charge is 0.430 e. The number of allylic oxidation sites excluding steroid dienone is 1. The Balaban J connectivity index is 4.02. The summed E-state index contributed by atoms with van der Waals surface area (Å²) in [4.78, 5) is 10.9. The van der Waals surface area contributed by atoms with Gasteiger partial charge in [0, 0.05) is 5.57 Å². The van der Waals surface area contributed by atoms with Crippen molar-refractivity contribution in [2.75, 3.05) is 0 Å². The minimum absolute atomic E-state index is 0.398. The van der Waals surface area contributed by atoms with Crippen molar-refractivity contribution in [3.05, 3.63) is 11.6 Å². The number of esters is 1. The Bertz CT molecular complexity index is 183. The first-order chi connectivity index (χ1) is 5.49. The minimum Gasteiger partial charge on any atom is -0.430 e. The normalized spacial score (nSPS) is 16.9. The van der Waals surface area contributed by atoms with Crippen LogP contribution in [0.25, 0.3) is 0 Å². The molecule has 0 aliphatic heterocycles. The van der Waals surface area contributed by atoms with Crippen molar-refractivity contribution in [3.63, 3.8) is 0 Å². The van der Waals surface area contributed by atoms with Gasteiger partial charge in [-0.2, -0.15) is 0 Å². The SMILES string of the molecule is C/C=C(\C)C(=O)OC(O)C(C)O. The Morgan fingerprint density at radius 3 is 2.33 bits per heavy atom. The van der Waals surface area contributed by atoms with E-state index in [2.05, 4.69) is 4.74 Å². The van der Waals surface area contributed by atoms with Crippen LogP contribution in [0.1, 0.15) is 20.8 Å². The van der Waals surface area contributed by atoms with Crippen LogP contribution in [-0.2, 0) is 9.53 Å². The summed E-state index contributed by atoms with van der Waals surface area (Å²) in [5.74, 6) is -0.620. The Morgan fingerprint density at radius 1 is 1.50 bits per heavy atom. The highest BCUT2D eigenvalue weighted by Crippen LogP contribution is 2.01. The van der Waals surface area contributed by atoms with E-state index < -0.39 is 18.4 Å². The fourth-order valence-corrected chi connectivity index (χ4v) is 0.419. The van der Waals surface area contributed by atoms with E-state index >= 15 is 0 Å². The zero-order chi connectivity index (χ0) is 9.72. The van der Waals surface area contributed by atoms with Crippen molar-refractivity contribution in [2.24, 2.45) is 0 Å². The molecule has 4 nitrogen and oxygen atoms in total. The lowest BCUT2D eigenvalue weighted by Gasteiger charge is -2.14. The zero-order valence-corrected chi connectivity index (χ0v) is 7.44. The lowest BCUT2D eigenvalue weighted by molar-refractivity contribution is -0.179. The van der Waals surface area contributed by atoms with Gasteiger partial charge in [0.25, 0.3) is 0 Å². The third-order valence-electron chi connectivity index (χ3n) is 1.40. The first-order valence-corrected chi connectivity index (χ1v) is 3.69. The molecule has 70 valence electrons. The van der Waals surface area contributed by atoms with Crippen LogP contribution in [0.5, 0.6) is 0 Å². The molecule has 0 amide bonds. The Labute approximate surface area is 71.5 Å². The van der Waals surface area contributed by atoms with Gasteiger partial charge in [0.05, 0.1) is 0 Å². The Kier molecular flexibility index (Phi) is 4.54. The molecule has 0 aromatic rings. The second kappa shape index (κ2) is 4.90. The number of hydrogen-bond donors (Lipinski definition) is 2. The lowest BCUT2D eigenvalue weighted by atomic mass is 10.3. The average Bonchev–Trinajstić information content (AvgIpc) is 2.02. The molecule has 0 aliphatic carbocycles. The summed E-state index contributed by atoms with van der Waals surface area (Å²) in [7, 11) is 0. The van der Waals surface area contributed by atoms with Crippen LogP contribution >= 0.6 is 0 Å². The van der Waals surface area contributed by atoms with Crippen molar-refractivity contribution in [1.82, 2.24) is 0 Å². The van der Waals surface area contributed by atoms with E-state index in [1.165, 1.54) is 6.92 Å².